The van der Waals surface area contributed by atoms with E-state index in [1.165, 1.54) is 0 Å². The Morgan fingerprint density at radius 2 is 2.23 bits per heavy atom. The Bertz CT molecular complexity index is 409. The second kappa shape index (κ2) is 3.28. The van der Waals surface area contributed by atoms with Gasteiger partial charge >= 0.3 is 0 Å². The molecule has 0 aromatic heterocycles. The molecule has 2 rings (SSSR count). The molecule has 0 atom stereocenters. The van der Waals surface area contributed by atoms with Crippen molar-refractivity contribution in [3.63, 3.8) is 0 Å². The van der Waals surface area contributed by atoms with Crippen molar-refractivity contribution in [1.29, 1.82) is 0 Å². The molecule has 13 heavy (non-hydrogen) atoms. The van der Waals surface area contributed by atoms with Gasteiger partial charge in [0.2, 0.25) is 0 Å². The quantitative estimate of drug-likeness (QED) is 0.706. The van der Waals surface area contributed by atoms with Gasteiger partial charge in [0.1, 0.15) is 6.29 Å². The standard InChI is InChI=1S/C10H6BrClO/c11-9-3-1-2-7-8(9)4-6(5-13)10(7)12/h1-3,5H,4H2. The van der Waals surface area contributed by atoms with E-state index in [1.807, 2.05) is 18.2 Å². The van der Waals surface area contributed by atoms with Gasteiger partial charge in [-0.05, 0) is 17.2 Å². The molecular weight excluding hydrogens is 251 g/mol. The van der Waals surface area contributed by atoms with Crippen LogP contribution in [0.25, 0.3) is 5.03 Å². The van der Waals surface area contributed by atoms with Crippen LogP contribution in [0.2, 0.25) is 0 Å². The number of benzene rings is 1. The molecule has 0 amide bonds. The minimum atomic E-state index is 0.589. The van der Waals surface area contributed by atoms with Crippen LogP contribution in [0.3, 0.4) is 0 Å². The zero-order chi connectivity index (χ0) is 9.42. The lowest BCUT2D eigenvalue weighted by Gasteiger charge is -2.00. The fourth-order valence-electron chi connectivity index (χ4n) is 1.48. The van der Waals surface area contributed by atoms with Crippen LogP contribution in [0.5, 0.6) is 0 Å². The first-order valence-electron chi connectivity index (χ1n) is 3.85. The summed E-state index contributed by atoms with van der Waals surface area (Å²) in [6.45, 7) is 0. The fraction of sp³-hybridized carbons (Fsp3) is 0.100. The average Bonchev–Trinajstić information content (AvgIpc) is 2.45. The maximum Gasteiger partial charge on any atom is 0.147 e. The van der Waals surface area contributed by atoms with Crippen LogP contribution in [0.15, 0.2) is 28.2 Å². The molecule has 1 aliphatic rings. The third-order valence-corrected chi connectivity index (χ3v) is 3.34. The summed E-state index contributed by atoms with van der Waals surface area (Å²) in [5, 5.41) is 0.589. The van der Waals surface area contributed by atoms with Crippen LogP contribution in [-0.2, 0) is 11.2 Å². The van der Waals surface area contributed by atoms with Crippen LogP contribution >= 0.6 is 27.5 Å². The van der Waals surface area contributed by atoms with Crippen molar-refractivity contribution >= 4 is 38.8 Å². The maximum absolute atomic E-state index is 10.6. The SMILES string of the molecule is O=CC1=C(Cl)c2cccc(Br)c2C1. The summed E-state index contributed by atoms with van der Waals surface area (Å²) >= 11 is 9.44. The molecule has 0 unspecified atom stereocenters. The van der Waals surface area contributed by atoms with Gasteiger partial charge in [-0.3, -0.25) is 4.79 Å². The van der Waals surface area contributed by atoms with Gasteiger partial charge in [0.15, 0.2) is 0 Å². The van der Waals surface area contributed by atoms with Gasteiger partial charge < -0.3 is 0 Å². The predicted octanol–water partition coefficient (Wildman–Crippen LogP) is 3.15. The Kier molecular flexibility index (Phi) is 2.26. The molecule has 0 bridgehead atoms. The topological polar surface area (TPSA) is 17.1 Å². The summed E-state index contributed by atoms with van der Waals surface area (Å²) in [6.07, 6.45) is 1.47. The summed E-state index contributed by atoms with van der Waals surface area (Å²) < 4.78 is 1.01. The highest BCUT2D eigenvalue weighted by Gasteiger charge is 2.21. The molecular formula is C10H6BrClO. The first kappa shape index (κ1) is 8.97. The van der Waals surface area contributed by atoms with E-state index in [4.69, 9.17) is 11.6 Å². The highest BCUT2D eigenvalue weighted by Crippen LogP contribution is 2.38. The molecule has 0 radical (unpaired) electrons. The van der Waals surface area contributed by atoms with E-state index >= 15 is 0 Å². The van der Waals surface area contributed by atoms with Gasteiger partial charge in [-0.15, -0.1) is 0 Å². The van der Waals surface area contributed by atoms with E-state index in [-0.39, 0.29) is 0 Å². The third kappa shape index (κ3) is 1.34. The number of rotatable bonds is 1. The Morgan fingerprint density at radius 3 is 2.85 bits per heavy atom. The number of halogens is 2. The molecule has 1 aromatic carbocycles. The van der Waals surface area contributed by atoms with E-state index in [9.17, 15) is 4.79 Å². The third-order valence-electron chi connectivity index (χ3n) is 2.15. The maximum atomic E-state index is 10.6. The van der Waals surface area contributed by atoms with Gasteiger partial charge in [0, 0.05) is 16.5 Å². The normalized spacial score (nSPS) is 14.6. The van der Waals surface area contributed by atoms with Crippen molar-refractivity contribution in [2.75, 3.05) is 0 Å². The Morgan fingerprint density at radius 1 is 1.46 bits per heavy atom. The summed E-state index contributed by atoms with van der Waals surface area (Å²) in [7, 11) is 0. The number of fused-ring (bicyclic) bond motifs is 1. The lowest BCUT2D eigenvalue weighted by molar-refractivity contribution is -0.104. The molecule has 3 heteroatoms. The summed E-state index contributed by atoms with van der Waals surface area (Å²) in [6, 6.07) is 5.80. The molecule has 0 heterocycles. The molecule has 66 valence electrons. The lowest BCUT2D eigenvalue weighted by Crippen LogP contribution is -1.86. The van der Waals surface area contributed by atoms with Crippen molar-refractivity contribution in [2.24, 2.45) is 0 Å². The largest absolute Gasteiger partial charge is 0.298 e. The second-order valence-corrected chi connectivity index (χ2v) is 4.13. The van der Waals surface area contributed by atoms with Crippen LogP contribution in [0.1, 0.15) is 11.1 Å². The summed E-state index contributed by atoms with van der Waals surface area (Å²) in [4.78, 5) is 10.6. The zero-order valence-electron chi connectivity index (χ0n) is 6.68. The number of carbonyl (C=O) groups is 1. The van der Waals surface area contributed by atoms with Crippen molar-refractivity contribution in [3.8, 4) is 0 Å². The van der Waals surface area contributed by atoms with Crippen LogP contribution in [0, 0.1) is 0 Å². The molecule has 1 aliphatic carbocycles. The highest BCUT2D eigenvalue weighted by molar-refractivity contribution is 9.10. The Labute approximate surface area is 89.5 Å². The van der Waals surface area contributed by atoms with Crippen molar-refractivity contribution < 1.29 is 4.79 Å². The lowest BCUT2D eigenvalue weighted by atomic mass is 10.1. The Balaban J connectivity index is 2.61. The van der Waals surface area contributed by atoms with Crippen LogP contribution < -0.4 is 0 Å². The number of allylic oxidation sites excluding steroid dienone is 1. The van der Waals surface area contributed by atoms with Crippen molar-refractivity contribution in [3.05, 3.63) is 39.4 Å². The fourth-order valence-corrected chi connectivity index (χ4v) is 2.27. The number of carbonyl (C=O) groups excluding carboxylic acids is 1. The van der Waals surface area contributed by atoms with Crippen molar-refractivity contribution in [2.45, 2.75) is 6.42 Å². The monoisotopic (exact) mass is 256 g/mol. The highest BCUT2D eigenvalue weighted by atomic mass is 79.9. The molecule has 0 aliphatic heterocycles. The van der Waals surface area contributed by atoms with E-state index in [0.717, 1.165) is 21.9 Å². The molecule has 0 saturated carbocycles. The smallest absolute Gasteiger partial charge is 0.147 e. The second-order valence-electron chi connectivity index (χ2n) is 2.90. The molecule has 0 fully saturated rings. The van der Waals surface area contributed by atoms with Gasteiger partial charge in [-0.1, -0.05) is 39.7 Å². The molecule has 0 spiro atoms. The number of hydrogen-bond acceptors (Lipinski definition) is 1. The molecule has 0 N–H and O–H groups in total. The van der Waals surface area contributed by atoms with Crippen molar-refractivity contribution in [1.82, 2.24) is 0 Å². The summed E-state index contributed by atoms with van der Waals surface area (Å²) in [5.74, 6) is 0. The van der Waals surface area contributed by atoms with E-state index in [1.54, 1.807) is 0 Å². The first-order valence-corrected chi connectivity index (χ1v) is 5.02. The van der Waals surface area contributed by atoms with E-state index in [0.29, 0.717) is 17.0 Å². The van der Waals surface area contributed by atoms with E-state index in [2.05, 4.69) is 15.9 Å². The van der Waals surface area contributed by atoms with E-state index < -0.39 is 0 Å². The van der Waals surface area contributed by atoms with Gasteiger partial charge in [-0.25, -0.2) is 0 Å². The van der Waals surface area contributed by atoms with Gasteiger partial charge in [0.25, 0.3) is 0 Å². The molecule has 1 nitrogen and oxygen atoms in total. The summed E-state index contributed by atoms with van der Waals surface area (Å²) in [5.41, 5.74) is 2.75. The average molecular weight is 258 g/mol. The van der Waals surface area contributed by atoms with Crippen LogP contribution in [0.4, 0.5) is 0 Å². The predicted molar refractivity (Wildman–Crippen MR) is 56.7 cm³/mol. The molecule has 1 aromatic rings. The molecule has 0 saturated heterocycles. The Hall–Kier alpha value is -0.600. The minimum absolute atomic E-state index is 0.589. The zero-order valence-corrected chi connectivity index (χ0v) is 9.02. The minimum Gasteiger partial charge on any atom is -0.298 e. The van der Waals surface area contributed by atoms with Gasteiger partial charge in [-0.2, -0.15) is 0 Å². The van der Waals surface area contributed by atoms with Gasteiger partial charge in [0.05, 0.1) is 5.03 Å². The number of hydrogen-bond donors (Lipinski definition) is 0. The number of aldehydes is 1. The van der Waals surface area contributed by atoms with Crippen LogP contribution in [-0.4, -0.2) is 6.29 Å². The first-order chi connectivity index (χ1) is 6.24.